The number of aliphatic carboxylic acids is 1. The fourth-order valence-corrected chi connectivity index (χ4v) is 1.86. The molecule has 17 heavy (non-hydrogen) atoms. The van der Waals surface area contributed by atoms with Crippen LogP contribution in [0, 0.1) is 13.8 Å². The normalized spacial score (nSPS) is 12.2. The number of phenols is 1. The number of hydrogen-bond acceptors (Lipinski definition) is 4. The number of methoxy groups -OCH3 is 1. The lowest BCUT2D eigenvalue weighted by molar-refractivity contribution is -0.137. The molecule has 0 aliphatic carbocycles. The summed E-state index contributed by atoms with van der Waals surface area (Å²) in [5.74, 6) is -0.424. The Kier molecular flexibility index (Phi) is 3.96. The minimum Gasteiger partial charge on any atom is -0.507 e. The SMILES string of the molecule is COc1cc(C)c(C(N)CC(=O)O)c(O)c1C. The largest absolute Gasteiger partial charge is 0.507 e. The average Bonchev–Trinajstić information content (AvgIpc) is 2.22. The van der Waals surface area contributed by atoms with Gasteiger partial charge in [0.1, 0.15) is 11.5 Å². The van der Waals surface area contributed by atoms with Crippen LogP contribution in [0.4, 0.5) is 0 Å². The lowest BCUT2D eigenvalue weighted by Gasteiger charge is -2.18. The Bertz CT molecular complexity index is 443. The van der Waals surface area contributed by atoms with Crippen molar-refractivity contribution in [2.24, 2.45) is 5.73 Å². The highest BCUT2D eigenvalue weighted by molar-refractivity contribution is 5.68. The second kappa shape index (κ2) is 5.05. The molecule has 0 aromatic heterocycles. The maximum atomic E-state index is 10.6. The van der Waals surface area contributed by atoms with Crippen LogP contribution >= 0.6 is 0 Å². The molecule has 0 bridgehead atoms. The first-order chi connectivity index (χ1) is 7.88. The molecule has 1 rings (SSSR count). The highest BCUT2D eigenvalue weighted by Crippen LogP contribution is 2.36. The van der Waals surface area contributed by atoms with Crippen LogP contribution in [-0.4, -0.2) is 23.3 Å². The van der Waals surface area contributed by atoms with Crippen molar-refractivity contribution in [2.45, 2.75) is 26.3 Å². The predicted octanol–water partition coefficient (Wildman–Crippen LogP) is 1.49. The Labute approximate surface area is 99.8 Å². The van der Waals surface area contributed by atoms with Gasteiger partial charge in [0.2, 0.25) is 0 Å². The maximum absolute atomic E-state index is 10.6. The summed E-state index contributed by atoms with van der Waals surface area (Å²) in [7, 11) is 1.51. The Morgan fingerprint density at radius 2 is 2.12 bits per heavy atom. The number of nitrogens with two attached hydrogens (primary N) is 1. The number of benzene rings is 1. The Morgan fingerprint density at radius 3 is 2.59 bits per heavy atom. The first-order valence-electron chi connectivity index (χ1n) is 5.22. The number of carboxylic acid groups (broad SMARTS) is 1. The number of aromatic hydroxyl groups is 1. The standard InChI is InChI=1S/C12H17NO4/c1-6-4-9(17-3)7(2)12(16)11(6)8(13)5-10(14)15/h4,8,16H,5,13H2,1-3H3,(H,14,15). The van der Waals surface area contributed by atoms with Crippen LogP contribution in [0.3, 0.4) is 0 Å². The lowest BCUT2D eigenvalue weighted by atomic mass is 9.95. The van der Waals surface area contributed by atoms with Crippen LogP contribution in [-0.2, 0) is 4.79 Å². The molecule has 0 saturated heterocycles. The van der Waals surface area contributed by atoms with Gasteiger partial charge in [-0.05, 0) is 25.5 Å². The van der Waals surface area contributed by atoms with Gasteiger partial charge in [0.25, 0.3) is 0 Å². The molecule has 0 aliphatic rings. The zero-order valence-electron chi connectivity index (χ0n) is 10.2. The van der Waals surface area contributed by atoms with Crippen molar-refractivity contribution in [3.05, 3.63) is 22.8 Å². The maximum Gasteiger partial charge on any atom is 0.305 e. The third-order valence-corrected chi connectivity index (χ3v) is 2.74. The molecule has 1 aromatic carbocycles. The summed E-state index contributed by atoms with van der Waals surface area (Å²) in [6.07, 6.45) is -0.222. The van der Waals surface area contributed by atoms with Crippen LogP contribution in [0.25, 0.3) is 0 Å². The van der Waals surface area contributed by atoms with Crippen molar-refractivity contribution in [3.63, 3.8) is 0 Å². The molecule has 1 atom stereocenters. The summed E-state index contributed by atoms with van der Waals surface area (Å²) in [5.41, 5.74) is 7.52. The first kappa shape index (κ1) is 13.3. The van der Waals surface area contributed by atoms with E-state index in [9.17, 15) is 9.90 Å². The second-order valence-corrected chi connectivity index (χ2v) is 3.99. The van der Waals surface area contributed by atoms with Gasteiger partial charge in [-0.15, -0.1) is 0 Å². The Balaban J connectivity index is 3.25. The predicted molar refractivity (Wildman–Crippen MR) is 63.3 cm³/mol. The molecule has 0 fully saturated rings. The summed E-state index contributed by atoms with van der Waals surface area (Å²) < 4.78 is 5.11. The highest BCUT2D eigenvalue weighted by atomic mass is 16.5. The number of carbonyl (C=O) groups is 1. The molecule has 1 unspecified atom stereocenters. The summed E-state index contributed by atoms with van der Waals surface area (Å²) in [6, 6.07) is 1.02. The number of hydrogen-bond donors (Lipinski definition) is 3. The number of ether oxygens (including phenoxy) is 1. The minimum atomic E-state index is -0.996. The molecular weight excluding hydrogens is 222 g/mol. The van der Waals surface area contributed by atoms with Gasteiger partial charge >= 0.3 is 5.97 Å². The van der Waals surface area contributed by atoms with Crippen molar-refractivity contribution in [3.8, 4) is 11.5 Å². The van der Waals surface area contributed by atoms with E-state index < -0.39 is 12.0 Å². The van der Waals surface area contributed by atoms with Crippen molar-refractivity contribution >= 4 is 5.97 Å². The van der Waals surface area contributed by atoms with Gasteiger partial charge in [0.15, 0.2) is 0 Å². The number of aryl methyl sites for hydroxylation is 1. The van der Waals surface area contributed by atoms with E-state index in [1.165, 1.54) is 7.11 Å². The second-order valence-electron chi connectivity index (χ2n) is 3.99. The van der Waals surface area contributed by atoms with E-state index in [2.05, 4.69) is 0 Å². The molecule has 0 spiro atoms. The van der Waals surface area contributed by atoms with Gasteiger partial charge in [-0.3, -0.25) is 4.79 Å². The van der Waals surface area contributed by atoms with Crippen molar-refractivity contribution in [1.29, 1.82) is 0 Å². The van der Waals surface area contributed by atoms with Gasteiger partial charge in [0.05, 0.1) is 13.5 Å². The van der Waals surface area contributed by atoms with Crippen LogP contribution in [0.5, 0.6) is 11.5 Å². The van der Waals surface area contributed by atoms with Crippen molar-refractivity contribution < 1.29 is 19.7 Å². The lowest BCUT2D eigenvalue weighted by Crippen LogP contribution is -2.16. The van der Waals surface area contributed by atoms with Crippen LogP contribution in [0.2, 0.25) is 0 Å². The van der Waals surface area contributed by atoms with Crippen LogP contribution < -0.4 is 10.5 Å². The smallest absolute Gasteiger partial charge is 0.305 e. The van der Waals surface area contributed by atoms with Crippen LogP contribution in [0.1, 0.15) is 29.2 Å². The molecule has 0 radical (unpaired) electrons. The zero-order chi connectivity index (χ0) is 13.2. The minimum absolute atomic E-state index is 0.00981. The van der Waals surface area contributed by atoms with E-state index in [1.807, 2.05) is 0 Å². The summed E-state index contributed by atoms with van der Waals surface area (Å²) in [4.78, 5) is 10.6. The van der Waals surface area contributed by atoms with Gasteiger partial charge < -0.3 is 20.7 Å². The van der Waals surface area contributed by atoms with Crippen molar-refractivity contribution in [2.75, 3.05) is 7.11 Å². The van der Waals surface area contributed by atoms with Gasteiger partial charge in [-0.1, -0.05) is 0 Å². The summed E-state index contributed by atoms with van der Waals surface area (Å²) in [6.45, 7) is 3.46. The van der Waals surface area contributed by atoms with E-state index in [0.29, 0.717) is 16.9 Å². The molecule has 0 saturated carbocycles. The molecular formula is C12H17NO4. The fourth-order valence-electron chi connectivity index (χ4n) is 1.86. The molecule has 94 valence electrons. The molecule has 0 heterocycles. The average molecular weight is 239 g/mol. The topological polar surface area (TPSA) is 92.8 Å². The van der Waals surface area contributed by atoms with Gasteiger partial charge in [-0.2, -0.15) is 0 Å². The Hall–Kier alpha value is -1.75. The van der Waals surface area contributed by atoms with E-state index in [4.69, 9.17) is 15.6 Å². The monoisotopic (exact) mass is 239 g/mol. The quantitative estimate of drug-likeness (QED) is 0.740. The van der Waals surface area contributed by atoms with Gasteiger partial charge in [0, 0.05) is 17.2 Å². The molecule has 1 aromatic rings. The summed E-state index contributed by atoms with van der Waals surface area (Å²) >= 11 is 0. The fraction of sp³-hybridized carbons (Fsp3) is 0.417. The number of rotatable bonds is 4. The Morgan fingerprint density at radius 1 is 1.53 bits per heavy atom. The molecule has 5 nitrogen and oxygen atoms in total. The van der Waals surface area contributed by atoms with Crippen LogP contribution in [0.15, 0.2) is 6.07 Å². The first-order valence-corrected chi connectivity index (χ1v) is 5.22. The molecule has 0 aliphatic heterocycles. The molecule has 4 N–H and O–H groups in total. The third-order valence-electron chi connectivity index (χ3n) is 2.74. The molecule has 5 heteroatoms. The van der Waals surface area contributed by atoms with E-state index in [-0.39, 0.29) is 12.2 Å². The van der Waals surface area contributed by atoms with E-state index in [0.717, 1.165) is 5.56 Å². The third kappa shape index (κ3) is 2.68. The van der Waals surface area contributed by atoms with Gasteiger partial charge in [-0.25, -0.2) is 0 Å². The van der Waals surface area contributed by atoms with E-state index in [1.54, 1.807) is 19.9 Å². The highest BCUT2D eigenvalue weighted by Gasteiger charge is 2.20. The van der Waals surface area contributed by atoms with E-state index >= 15 is 0 Å². The summed E-state index contributed by atoms with van der Waals surface area (Å²) in [5, 5.41) is 18.7. The van der Waals surface area contributed by atoms with Crippen molar-refractivity contribution in [1.82, 2.24) is 0 Å². The zero-order valence-corrected chi connectivity index (χ0v) is 10.2. The number of carboxylic acids is 1. The molecule has 0 amide bonds. The number of phenolic OH excluding ortho intramolecular Hbond substituents is 1.